The molecule has 1 aliphatic heterocycles. The summed E-state index contributed by atoms with van der Waals surface area (Å²) < 4.78 is 6.11. The first-order valence-electron chi connectivity index (χ1n) is 11.1. The minimum Gasteiger partial charge on any atom is -0.466 e. The molecule has 2 atom stereocenters. The summed E-state index contributed by atoms with van der Waals surface area (Å²) in [7, 11) is 1.31. The maximum atomic E-state index is 13.3. The molecule has 1 N–H and O–H groups in total. The minimum atomic E-state index is -1.62. The molecule has 0 bridgehead atoms. The van der Waals surface area contributed by atoms with Gasteiger partial charge in [-0.2, -0.15) is 10.5 Å². The minimum absolute atomic E-state index is 0.255. The number of rotatable bonds is 4. The fraction of sp³-hybridized carbons (Fsp3) is 0.207. The lowest BCUT2D eigenvalue weighted by Crippen LogP contribution is -2.47. The van der Waals surface area contributed by atoms with Gasteiger partial charge < -0.3 is 10.1 Å². The Balaban J connectivity index is 2.09. The number of esters is 1. The number of carbonyl (C=O) groups is 1. The Bertz CT molecular complexity index is 1350. The van der Waals surface area contributed by atoms with Crippen LogP contribution in [0.2, 0.25) is 0 Å². The van der Waals surface area contributed by atoms with Gasteiger partial charge in [-0.1, -0.05) is 87.7 Å². The van der Waals surface area contributed by atoms with Gasteiger partial charge in [-0.15, -0.1) is 0 Å². The molecule has 0 saturated heterocycles. The summed E-state index contributed by atoms with van der Waals surface area (Å²) in [6.07, 6.45) is 0. The molecule has 5 nitrogen and oxygen atoms in total. The molecule has 6 heteroatoms. The summed E-state index contributed by atoms with van der Waals surface area (Å²) in [5, 5.41) is 24.6. The average Bonchev–Trinajstić information content (AvgIpc) is 2.88. The van der Waals surface area contributed by atoms with Gasteiger partial charge in [-0.05, 0) is 42.7 Å². The molecule has 0 radical (unpaired) electrons. The van der Waals surface area contributed by atoms with Crippen molar-refractivity contribution in [2.75, 3.05) is 7.11 Å². The zero-order valence-corrected chi connectivity index (χ0v) is 21.3. The van der Waals surface area contributed by atoms with E-state index in [1.54, 1.807) is 0 Å². The van der Waals surface area contributed by atoms with Crippen LogP contribution in [0.3, 0.4) is 0 Å². The van der Waals surface area contributed by atoms with E-state index in [1.807, 2.05) is 86.6 Å². The number of carbonyl (C=O) groups excluding carboxylic acids is 1. The molecule has 0 saturated carbocycles. The van der Waals surface area contributed by atoms with Crippen LogP contribution in [0.1, 0.15) is 39.8 Å². The molecular weight excluding hydrogens is 502 g/mol. The summed E-state index contributed by atoms with van der Waals surface area (Å²) in [6.45, 7) is 3.95. The van der Waals surface area contributed by atoms with Gasteiger partial charge in [-0.25, -0.2) is 4.79 Å². The van der Waals surface area contributed by atoms with Gasteiger partial charge >= 0.3 is 5.97 Å². The van der Waals surface area contributed by atoms with Gasteiger partial charge in [0, 0.05) is 4.47 Å². The number of nitrogens with one attached hydrogen (secondary N) is 1. The quantitative estimate of drug-likeness (QED) is 0.415. The molecule has 174 valence electrons. The predicted octanol–water partition coefficient (Wildman–Crippen LogP) is 6.11. The first kappa shape index (κ1) is 24.3. The van der Waals surface area contributed by atoms with Crippen LogP contribution in [0.25, 0.3) is 5.70 Å². The third kappa shape index (κ3) is 4.34. The lowest BCUT2D eigenvalue weighted by Gasteiger charge is -2.43. The second-order valence-electron chi connectivity index (χ2n) is 8.71. The third-order valence-corrected chi connectivity index (χ3v) is 7.02. The van der Waals surface area contributed by atoms with E-state index in [4.69, 9.17) is 4.74 Å². The van der Waals surface area contributed by atoms with Gasteiger partial charge in [0.1, 0.15) is 0 Å². The lowest BCUT2D eigenvalue weighted by atomic mass is 9.61. The Labute approximate surface area is 213 Å². The second-order valence-corrected chi connectivity index (χ2v) is 9.63. The van der Waals surface area contributed by atoms with Crippen LogP contribution in [-0.4, -0.2) is 13.1 Å². The number of ether oxygens (including phenoxy) is 1. The Morgan fingerprint density at radius 1 is 0.886 bits per heavy atom. The summed E-state index contributed by atoms with van der Waals surface area (Å²) in [6, 6.07) is 26.8. The maximum Gasteiger partial charge on any atom is 0.336 e. The molecule has 0 amide bonds. The molecule has 1 heterocycles. The third-order valence-electron chi connectivity index (χ3n) is 6.49. The fourth-order valence-corrected chi connectivity index (χ4v) is 4.90. The zero-order valence-electron chi connectivity index (χ0n) is 19.7. The first-order valence-corrected chi connectivity index (χ1v) is 11.9. The standard InChI is InChI=1S/C29H24BrN3O2/c1-18-4-8-20(9-5-18)25-24(28(34)35-3)26(21-12-14-23(30)15-13-21)33-27(29(25,16-31)17-32)22-10-6-19(2)7-11-22/h4-15,25,27,33H,1-3H3. The van der Waals surface area contributed by atoms with Crippen LogP contribution in [0.5, 0.6) is 0 Å². The summed E-state index contributed by atoms with van der Waals surface area (Å²) in [5.41, 5.74) is 3.53. The van der Waals surface area contributed by atoms with E-state index < -0.39 is 23.3 Å². The van der Waals surface area contributed by atoms with E-state index in [1.165, 1.54) is 7.11 Å². The Morgan fingerprint density at radius 2 is 1.40 bits per heavy atom. The second kappa shape index (κ2) is 9.78. The van der Waals surface area contributed by atoms with E-state index >= 15 is 0 Å². The van der Waals surface area contributed by atoms with Crippen LogP contribution < -0.4 is 5.32 Å². The highest BCUT2D eigenvalue weighted by Gasteiger charge is 2.55. The number of aryl methyl sites for hydroxylation is 2. The number of nitriles is 2. The summed E-state index contributed by atoms with van der Waals surface area (Å²) in [5.74, 6) is -1.44. The summed E-state index contributed by atoms with van der Waals surface area (Å²) >= 11 is 3.46. The molecule has 2 unspecified atom stereocenters. The predicted molar refractivity (Wildman–Crippen MR) is 138 cm³/mol. The van der Waals surface area contributed by atoms with Gasteiger partial charge in [0.05, 0.1) is 42.5 Å². The summed E-state index contributed by atoms with van der Waals surface area (Å²) in [4.78, 5) is 13.3. The lowest BCUT2D eigenvalue weighted by molar-refractivity contribution is -0.136. The maximum absolute atomic E-state index is 13.3. The van der Waals surface area contributed by atoms with Gasteiger partial charge in [0.25, 0.3) is 0 Å². The Morgan fingerprint density at radius 3 is 1.89 bits per heavy atom. The molecule has 0 spiro atoms. The Kier molecular flexibility index (Phi) is 6.78. The van der Waals surface area contributed by atoms with Crippen molar-refractivity contribution < 1.29 is 9.53 Å². The Hall–Kier alpha value is -3.87. The highest BCUT2D eigenvalue weighted by Crippen LogP contribution is 2.54. The van der Waals surface area contributed by atoms with Crippen LogP contribution in [0.15, 0.2) is 82.8 Å². The van der Waals surface area contributed by atoms with Crippen molar-refractivity contribution in [2.24, 2.45) is 5.41 Å². The molecule has 0 fully saturated rings. The normalized spacial score (nSPS) is 18.7. The number of hydrogen-bond acceptors (Lipinski definition) is 5. The fourth-order valence-electron chi connectivity index (χ4n) is 4.64. The zero-order chi connectivity index (χ0) is 25.2. The molecule has 0 aromatic heterocycles. The van der Waals surface area contributed by atoms with Crippen molar-refractivity contribution in [3.8, 4) is 12.1 Å². The van der Waals surface area contributed by atoms with E-state index in [9.17, 15) is 15.3 Å². The van der Waals surface area contributed by atoms with Crippen LogP contribution in [0.4, 0.5) is 0 Å². The molecule has 35 heavy (non-hydrogen) atoms. The van der Waals surface area contributed by atoms with E-state index in [0.29, 0.717) is 11.3 Å². The molecule has 0 aliphatic carbocycles. The van der Waals surface area contributed by atoms with Crippen molar-refractivity contribution >= 4 is 27.6 Å². The number of halogens is 1. The van der Waals surface area contributed by atoms with Crippen molar-refractivity contribution in [1.29, 1.82) is 10.5 Å². The van der Waals surface area contributed by atoms with E-state index in [0.717, 1.165) is 26.7 Å². The smallest absolute Gasteiger partial charge is 0.336 e. The largest absolute Gasteiger partial charge is 0.466 e. The van der Waals surface area contributed by atoms with Crippen LogP contribution in [-0.2, 0) is 9.53 Å². The first-order chi connectivity index (χ1) is 16.8. The van der Waals surface area contributed by atoms with Crippen molar-refractivity contribution in [1.82, 2.24) is 5.32 Å². The molecule has 3 aromatic rings. The molecular formula is C29H24BrN3O2. The van der Waals surface area contributed by atoms with Gasteiger partial charge in [0.2, 0.25) is 0 Å². The monoisotopic (exact) mass is 525 g/mol. The van der Waals surface area contributed by atoms with Crippen molar-refractivity contribution in [3.63, 3.8) is 0 Å². The van der Waals surface area contributed by atoms with E-state index in [-0.39, 0.29) is 5.57 Å². The average molecular weight is 526 g/mol. The number of nitrogens with zero attached hydrogens (tertiary/aromatic N) is 2. The highest BCUT2D eigenvalue weighted by atomic mass is 79.9. The topological polar surface area (TPSA) is 85.9 Å². The van der Waals surface area contributed by atoms with E-state index in [2.05, 4.69) is 33.4 Å². The SMILES string of the molecule is COC(=O)C1=C(c2ccc(Br)cc2)NC(c2ccc(C)cc2)C(C#N)(C#N)C1c1ccc(C)cc1. The number of benzene rings is 3. The molecule has 4 rings (SSSR count). The van der Waals surface area contributed by atoms with Crippen LogP contribution in [0, 0.1) is 41.9 Å². The van der Waals surface area contributed by atoms with Crippen molar-refractivity contribution in [2.45, 2.75) is 25.8 Å². The van der Waals surface area contributed by atoms with Crippen molar-refractivity contribution in [3.05, 3.63) is 111 Å². The molecule has 1 aliphatic rings. The number of methoxy groups -OCH3 is 1. The van der Waals surface area contributed by atoms with Crippen LogP contribution >= 0.6 is 15.9 Å². The van der Waals surface area contributed by atoms with Gasteiger partial charge in [0.15, 0.2) is 5.41 Å². The highest BCUT2D eigenvalue weighted by molar-refractivity contribution is 9.10. The van der Waals surface area contributed by atoms with Gasteiger partial charge in [-0.3, -0.25) is 0 Å². The number of hydrogen-bond donors (Lipinski definition) is 1. The molecule has 3 aromatic carbocycles.